The molecule has 0 saturated heterocycles. The molecule has 4 heteroatoms. The molecule has 2 atom stereocenters. The number of hydrogen-bond acceptors (Lipinski definition) is 4. The van der Waals surface area contributed by atoms with E-state index in [9.17, 15) is 4.79 Å². The van der Waals surface area contributed by atoms with Crippen LogP contribution in [-0.2, 0) is 16.1 Å². The number of ether oxygens (including phenoxy) is 2. The lowest BCUT2D eigenvalue weighted by atomic mass is 9.99. The van der Waals surface area contributed by atoms with Crippen molar-refractivity contribution in [3.05, 3.63) is 29.8 Å². The smallest absolute Gasteiger partial charge is 0.323 e. The fourth-order valence-corrected chi connectivity index (χ4v) is 1.89. The van der Waals surface area contributed by atoms with Gasteiger partial charge < -0.3 is 14.8 Å². The Morgan fingerprint density at radius 3 is 2.68 bits per heavy atom. The Morgan fingerprint density at radius 2 is 2.11 bits per heavy atom. The molecule has 0 aliphatic heterocycles. The van der Waals surface area contributed by atoms with E-state index in [0.717, 1.165) is 17.7 Å². The van der Waals surface area contributed by atoms with E-state index in [4.69, 9.17) is 9.47 Å². The number of methoxy groups -OCH3 is 2. The van der Waals surface area contributed by atoms with Gasteiger partial charge in [-0.1, -0.05) is 32.4 Å². The molecule has 0 bridgehead atoms. The van der Waals surface area contributed by atoms with Crippen molar-refractivity contribution in [3.8, 4) is 5.75 Å². The lowest BCUT2D eigenvalue weighted by molar-refractivity contribution is -0.144. The van der Waals surface area contributed by atoms with Crippen LogP contribution in [0.25, 0.3) is 0 Å². The summed E-state index contributed by atoms with van der Waals surface area (Å²) in [6.07, 6.45) is 0.922. The summed E-state index contributed by atoms with van der Waals surface area (Å²) >= 11 is 0. The highest BCUT2D eigenvalue weighted by atomic mass is 16.5. The zero-order valence-corrected chi connectivity index (χ0v) is 12.1. The average molecular weight is 265 g/mol. The van der Waals surface area contributed by atoms with Crippen molar-refractivity contribution in [2.24, 2.45) is 5.92 Å². The van der Waals surface area contributed by atoms with E-state index >= 15 is 0 Å². The number of benzene rings is 1. The number of carbonyl (C=O) groups is 1. The predicted molar refractivity (Wildman–Crippen MR) is 75.1 cm³/mol. The second kappa shape index (κ2) is 7.79. The Kier molecular flexibility index (Phi) is 6.36. The third-order valence-electron chi connectivity index (χ3n) is 3.33. The summed E-state index contributed by atoms with van der Waals surface area (Å²) < 4.78 is 10.0. The highest BCUT2D eigenvalue weighted by molar-refractivity contribution is 5.75. The number of hydrogen-bond donors (Lipinski definition) is 1. The van der Waals surface area contributed by atoms with E-state index in [2.05, 4.69) is 12.2 Å². The first-order valence-corrected chi connectivity index (χ1v) is 6.56. The quantitative estimate of drug-likeness (QED) is 0.769. The monoisotopic (exact) mass is 265 g/mol. The maximum Gasteiger partial charge on any atom is 0.323 e. The van der Waals surface area contributed by atoms with E-state index in [1.807, 2.05) is 31.2 Å². The molecule has 0 fully saturated rings. The van der Waals surface area contributed by atoms with Crippen LogP contribution in [0.2, 0.25) is 0 Å². The van der Waals surface area contributed by atoms with Crippen LogP contribution in [0, 0.1) is 5.92 Å². The fraction of sp³-hybridized carbons (Fsp3) is 0.533. The molecule has 1 rings (SSSR count). The molecule has 106 valence electrons. The molecule has 0 heterocycles. The van der Waals surface area contributed by atoms with E-state index in [1.54, 1.807) is 7.11 Å². The molecular formula is C15H23NO3. The largest absolute Gasteiger partial charge is 0.497 e. The van der Waals surface area contributed by atoms with Crippen LogP contribution in [0.4, 0.5) is 0 Å². The van der Waals surface area contributed by atoms with Crippen LogP contribution in [0.15, 0.2) is 24.3 Å². The van der Waals surface area contributed by atoms with Crippen molar-refractivity contribution in [2.75, 3.05) is 14.2 Å². The number of esters is 1. The van der Waals surface area contributed by atoms with E-state index < -0.39 is 0 Å². The van der Waals surface area contributed by atoms with Crippen molar-refractivity contribution in [1.29, 1.82) is 0 Å². The first kappa shape index (κ1) is 15.5. The number of rotatable bonds is 7. The highest BCUT2D eigenvalue weighted by Crippen LogP contribution is 2.14. The van der Waals surface area contributed by atoms with Gasteiger partial charge in [-0.25, -0.2) is 0 Å². The summed E-state index contributed by atoms with van der Waals surface area (Å²) in [6, 6.07) is 7.52. The molecule has 0 radical (unpaired) electrons. The van der Waals surface area contributed by atoms with Gasteiger partial charge in [-0.05, 0) is 23.6 Å². The van der Waals surface area contributed by atoms with E-state index in [1.165, 1.54) is 7.11 Å². The van der Waals surface area contributed by atoms with Gasteiger partial charge in [0.05, 0.1) is 14.2 Å². The summed E-state index contributed by atoms with van der Waals surface area (Å²) in [6.45, 7) is 4.72. The van der Waals surface area contributed by atoms with E-state index in [0.29, 0.717) is 6.54 Å². The molecule has 0 aliphatic rings. The average Bonchev–Trinajstić information content (AvgIpc) is 2.46. The van der Waals surface area contributed by atoms with Gasteiger partial charge in [0, 0.05) is 6.54 Å². The number of carbonyl (C=O) groups excluding carboxylic acids is 1. The molecule has 0 aromatic heterocycles. The fourth-order valence-electron chi connectivity index (χ4n) is 1.89. The van der Waals surface area contributed by atoms with Gasteiger partial charge in [-0.2, -0.15) is 0 Å². The van der Waals surface area contributed by atoms with Gasteiger partial charge in [0.2, 0.25) is 0 Å². The van der Waals surface area contributed by atoms with Gasteiger partial charge >= 0.3 is 5.97 Å². The van der Waals surface area contributed by atoms with Crippen molar-refractivity contribution in [2.45, 2.75) is 32.9 Å². The van der Waals surface area contributed by atoms with Crippen LogP contribution >= 0.6 is 0 Å². The Morgan fingerprint density at radius 1 is 1.37 bits per heavy atom. The van der Waals surface area contributed by atoms with Crippen molar-refractivity contribution in [1.82, 2.24) is 5.32 Å². The molecule has 4 nitrogen and oxygen atoms in total. The van der Waals surface area contributed by atoms with Crippen LogP contribution < -0.4 is 10.1 Å². The predicted octanol–water partition coefficient (Wildman–Crippen LogP) is 2.37. The molecule has 2 unspecified atom stereocenters. The minimum absolute atomic E-state index is 0.211. The zero-order chi connectivity index (χ0) is 14.3. The standard InChI is InChI=1S/C15H23NO3/c1-5-11(2)14(15(17)19-4)16-10-12-7-6-8-13(9-12)18-3/h6-9,11,14,16H,5,10H2,1-4H3. The maximum absolute atomic E-state index is 11.7. The van der Waals surface area contributed by atoms with Crippen LogP contribution in [-0.4, -0.2) is 26.2 Å². The third kappa shape index (κ3) is 4.56. The van der Waals surface area contributed by atoms with Crippen LogP contribution in [0.3, 0.4) is 0 Å². The molecule has 1 aromatic carbocycles. The molecule has 0 spiro atoms. The Balaban J connectivity index is 2.67. The third-order valence-corrected chi connectivity index (χ3v) is 3.33. The van der Waals surface area contributed by atoms with E-state index in [-0.39, 0.29) is 17.9 Å². The Hall–Kier alpha value is -1.55. The molecule has 19 heavy (non-hydrogen) atoms. The molecule has 0 amide bonds. The van der Waals surface area contributed by atoms with Crippen molar-refractivity contribution < 1.29 is 14.3 Å². The molecule has 0 saturated carbocycles. The first-order valence-electron chi connectivity index (χ1n) is 6.56. The second-order valence-corrected chi connectivity index (χ2v) is 4.62. The summed E-state index contributed by atoms with van der Waals surface area (Å²) in [4.78, 5) is 11.7. The SMILES string of the molecule is CCC(C)C(NCc1cccc(OC)c1)C(=O)OC. The summed E-state index contributed by atoms with van der Waals surface area (Å²) in [5, 5.41) is 3.26. The normalized spacial score (nSPS) is 13.7. The van der Waals surface area contributed by atoms with Crippen molar-refractivity contribution in [3.63, 3.8) is 0 Å². The van der Waals surface area contributed by atoms with Crippen LogP contribution in [0.1, 0.15) is 25.8 Å². The Labute approximate surface area is 115 Å². The highest BCUT2D eigenvalue weighted by Gasteiger charge is 2.24. The van der Waals surface area contributed by atoms with Gasteiger partial charge in [-0.15, -0.1) is 0 Å². The second-order valence-electron chi connectivity index (χ2n) is 4.62. The topological polar surface area (TPSA) is 47.6 Å². The van der Waals surface area contributed by atoms with Gasteiger partial charge in [0.1, 0.15) is 11.8 Å². The summed E-state index contributed by atoms with van der Waals surface area (Å²) in [7, 11) is 3.06. The lowest BCUT2D eigenvalue weighted by Gasteiger charge is -2.22. The van der Waals surface area contributed by atoms with Gasteiger partial charge in [0.25, 0.3) is 0 Å². The molecule has 1 aromatic rings. The lowest BCUT2D eigenvalue weighted by Crippen LogP contribution is -2.42. The maximum atomic E-state index is 11.7. The van der Waals surface area contributed by atoms with Crippen molar-refractivity contribution >= 4 is 5.97 Å². The minimum atomic E-state index is -0.277. The minimum Gasteiger partial charge on any atom is -0.497 e. The number of nitrogens with one attached hydrogen (secondary N) is 1. The summed E-state index contributed by atoms with van der Waals surface area (Å²) in [5.74, 6) is 0.841. The first-order chi connectivity index (χ1) is 9.12. The van der Waals surface area contributed by atoms with Crippen LogP contribution in [0.5, 0.6) is 5.75 Å². The molecule has 0 aliphatic carbocycles. The summed E-state index contributed by atoms with van der Waals surface area (Å²) in [5.41, 5.74) is 1.08. The molecular weight excluding hydrogens is 242 g/mol. The Bertz CT molecular complexity index is 406. The van der Waals surface area contributed by atoms with Gasteiger partial charge in [-0.3, -0.25) is 4.79 Å². The van der Waals surface area contributed by atoms with Gasteiger partial charge in [0.15, 0.2) is 0 Å². The zero-order valence-electron chi connectivity index (χ0n) is 12.1. The molecule has 1 N–H and O–H groups in total.